The molecule has 1 atom stereocenters. The topological polar surface area (TPSA) is 29.1 Å². The first-order valence-corrected chi connectivity index (χ1v) is 6.57. The number of hydrogen-bond acceptors (Lipinski definition) is 1. The number of carbonyl (C=O) groups is 1. The molecule has 92 valence electrons. The van der Waals surface area contributed by atoms with E-state index in [4.69, 9.17) is 0 Å². The SMILES string of the molecule is C[C@H](C(=O)Nc1ccc(Br)cc1)c1ccccc1. The molecule has 2 rings (SSSR count). The van der Waals surface area contributed by atoms with Gasteiger partial charge in [-0.15, -0.1) is 0 Å². The third-order valence-corrected chi connectivity index (χ3v) is 3.33. The molecule has 18 heavy (non-hydrogen) atoms. The predicted octanol–water partition coefficient (Wildman–Crippen LogP) is 4.19. The van der Waals surface area contributed by atoms with Crippen molar-refractivity contribution in [2.75, 3.05) is 5.32 Å². The summed E-state index contributed by atoms with van der Waals surface area (Å²) in [4.78, 5) is 12.1. The fourth-order valence-corrected chi connectivity index (χ4v) is 1.94. The van der Waals surface area contributed by atoms with Gasteiger partial charge in [0.05, 0.1) is 5.92 Å². The molecule has 0 heterocycles. The number of carbonyl (C=O) groups excluding carboxylic acids is 1. The Labute approximate surface area is 115 Å². The molecule has 0 aliphatic carbocycles. The minimum atomic E-state index is -0.158. The van der Waals surface area contributed by atoms with Gasteiger partial charge in [-0.05, 0) is 36.8 Å². The Morgan fingerprint density at radius 1 is 1.06 bits per heavy atom. The van der Waals surface area contributed by atoms with E-state index in [0.29, 0.717) is 0 Å². The second-order valence-corrected chi connectivity index (χ2v) is 5.04. The molecule has 1 amide bonds. The molecule has 0 unspecified atom stereocenters. The van der Waals surface area contributed by atoms with Crippen LogP contribution in [-0.2, 0) is 4.79 Å². The Morgan fingerprint density at radius 2 is 1.67 bits per heavy atom. The molecule has 0 aliphatic heterocycles. The van der Waals surface area contributed by atoms with Crippen molar-refractivity contribution in [1.29, 1.82) is 0 Å². The molecule has 1 N–H and O–H groups in total. The van der Waals surface area contributed by atoms with Gasteiger partial charge in [-0.3, -0.25) is 4.79 Å². The van der Waals surface area contributed by atoms with Crippen LogP contribution < -0.4 is 5.32 Å². The van der Waals surface area contributed by atoms with Crippen LogP contribution in [0, 0.1) is 0 Å². The molecule has 0 aromatic heterocycles. The molecule has 3 heteroatoms. The summed E-state index contributed by atoms with van der Waals surface area (Å²) in [6, 6.07) is 17.3. The Bertz CT molecular complexity index is 522. The van der Waals surface area contributed by atoms with Crippen LogP contribution in [0.2, 0.25) is 0 Å². The number of benzene rings is 2. The normalized spacial score (nSPS) is 11.9. The molecule has 0 aliphatic rings. The molecule has 0 fully saturated rings. The zero-order valence-electron chi connectivity index (χ0n) is 10.1. The van der Waals surface area contributed by atoms with Crippen molar-refractivity contribution in [3.8, 4) is 0 Å². The maximum atomic E-state index is 12.1. The summed E-state index contributed by atoms with van der Waals surface area (Å²) in [5, 5.41) is 2.91. The van der Waals surface area contributed by atoms with E-state index in [1.807, 2.05) is 61.5 Å². The second-order valence-electron chi connectivity index (χ2n) is 4.13. The predicted molar refractivity (Wildman–Crippen MR) is 77.6 cm³/mol. The van der Waals surface area contributed by atoms with E-state index in [1.165, 1.54) is 0 Å². The zero-order valence-corrected chi connectivity index (χ0v) is 11.6. The van der Waals surface area contributed by atoms with Crippen molar-refractivity contribution in [3.05, 3.63) is 64.6 Å². The molecule has 0 radical (unpaired) electrons. The molecule has 0 saturated carbocycles. The third kappa shape index (κ3) is 3.20. The van der Waals surface area contributed by atoms with Crippen molar-refractivity contribution in [2.45, 2.75) is 12.8 Å². The van der Waals surface area contributed by atoms with Crippen molar-refractivity contribution in [2.24, 2.45) is 0 Å². The van der Waals surface area contributed by atoms with Gasteiger partial charge in [0.25, 0.3) is 0 Å². The monoisotopic (exact) mass is 303 g/mol. The first-order chi connectivity index (χ1) is 8.66. The summed E-state index contributed by atoms with van der Waals surface area (Å²) < 4.78 is 0.997. The summed E-state index contributed by atoms with van der Waals surface area (Å²) in [5.74, 6) is -0.154. The van der Waals surface area contributed by atoms with Gasteiger partial charge in [-0.1, -0.05) is 46.3 Å². The highest BCUT2D eigenvalue weighted by Gasteiger charge is 2.14. The van der Waals surface area contributed by atoms with E-state index in [-0.39, 0.29) is 11.8 Å². The minimum absolute atomic E-state index is 0.00326. The molecule has 0 saturated heterocycles. The summed E-state index contributed by atoms with van der Waals surface area (Å²) in [7, 11) is 0. The summed E-state index contributed by atoms with van der Waals surface area (Å²) in [6.07, 6.45) is 0. The largest absolute Gasteiger partial charge is 0.326 e. The van der Waals surface area contributed by atoms with E-state index in [9.17, 15) is 4.79 Å². The summed E-state index contributed by atoms with van der Waals surface area (Å²) >= 11 is 3.36. The van der Waals surface area contributed by atoms with Crippen LogP contribution in [0.3, 0.4) is 0 Å². The maximum Gasteiger partial charge on any atom is 0.231 e. The molecule has 0 spiro atoms. The Hall–Kier alpha value is -1.61. The summed E-state index contributed by atoms with van der Waals surface area (Å²) in [6.45, 7) is 1.91. The fourth-order valence-electron chi connectivity index (χ4n) is 1.68. The van der Waals surface area contributed by atoms with E-state index in [2.05, 4.69) is 21.2 Å². The van der Waals surface area contributed by atoms with Crippen LogP contribution in [0.15, 0.2) is 59.1 Å². The zero-order chi connectivity index (χ0) is 13.0. The smallest absolute Gasteiger partial charge is 0.231 e. The van der Waals surface area contributed by atoms with Crippen LogP contribution in [0.4, 0.5) is 5.69 Å². The van der Waals surface area contributed by atoms with Crippen LogP contribution in [0.25, 0.3) is 0 Å². The standard InChI is InChI=1S/C15H14BrNO/c1-11(12-5-3-2-4-6-12)15(18)17-14-9-7-13(16)8-10-14/h2-11H,1H3,(H,17,18)/t11-/m0/s1. The minimum Gasteiger partial charge on any atom is -0.326 e. The Balaban J connectivity index is 2.06. The van der Waals surface area contributed by atoms with Crippen molar-refractivity contribution in [3.63, 3.8) is 0 Å². The van der Waals surface area contributed by atoms with Gasteiger partial charge in [0.1, 0.15) is 0 Å². The lowest BCUT2D eigenvalue weighted by Crippen LogP contribution is -2.18. The first-order valence-electron chi connectivity index (χ1n) is 5.78. The van der Waals surface area contributed by atoms with E-state index >= 15 is 0 Å². The van der Waals surface area contributed by atoms with E-state index in [0.717, 1.165) is 15.7 Å². The Morgan fingerprint density at radius 3 is 2.28 bits per heavy atom. The Kier molecular flexibility index (Phi) is 4.15. The van der Waals surface area contributed by atoms with Gasteiger partial charge in [0.15, 0.2) is 0 Å². The van der Waals surface area contributed by atoms with Crippen LogP contribution in [0.5, 0.6) is 0 Å². The highest BCUT2D eigenvalue weighted by Crippen LogP contribution is 2.19. The van der Waals surface area contributed by atoms with Gasteiger partial charge in [-0.2, -0.15) is 0 Å². The van der Waals surface area contributed by atoms with Crippen molar-refractivity contribution in [1.82, 2.24) is 0 Å². The van der Waals surface area contributed by atoms with E-state index in [1.54, 1.807) is 0 Å². The summed E-state index contributed by atoms with van der Waals surface area (Å²) in [5.41, 5.74) is 1.83. The molecular weight excluding hydrogens is 290 g/mol. The molecule has 2 aromatic carbocycles. The van der Waals surface area contributed by atoms with Gasteiger partial charge >= 0.3 is 0 Å². The number of anilines is 1. The van der Waals surface area contributed by atoms with Crippen molar-refractivity contribution < 1.29 is 4.79 Å². The molecule has 2 aromatic rings. The lowest BCUT2D eigenvalue weighted by molar-refractivity contribution is -0.117. The van der Waals surface area contributed by atoms with Crippen molar-refractivity contribution >= 4 is 27.5 Å². The fraction of sp³-hybridized carbons (Fsp3) is 0.133. The van der Waals surface area contributed by atoms with Crippen LogP contribution >= 0.6 is 15.9 Å². The molecule has 2 nitrogen and oxygen atoms in total. The third-order valence-electron chi connectivity index (χ3n) is 2.80. The van der Waals surface area contributed by atoms with Gasteiger partial charge in [-0.25, -0.2) is 0 Å². The second kappa shape index (κ2) is 5.83. The van der Waals surface area contributed by atoms with Crippen LogP contribution in [0.1, 0.15) is 18.4 Å². The average molecular weight is 304 g/mol. The highest BCUT2D eigenvalue weighted by molar-refractivity contribution is 9.10. The van der Waals surface area contributed by atoms with E-state index < -0.39 is 0 Å². The highest BCUT2D eigenvalue weighted by atomic mass is 79.9. The number of amides is 1. The number of hydrogen-bond donors (Lipinski definition) is 1. The van der Waals surface area contributed by atoms with Crippen LogP contribution in [-0.4, -0.2) is 5.91 Å². The number of nitrogens with one attached hydrogen (secondary N) is 1. The average Bonchev–Trinajstić information content (AvgIpc) is 2.41. The number of rotatable bonds is 3. The van der Waals surface area contributed by atoms with Gasteiger partial charge in [0.2, 0.25) is 5.91 Å². The quantitative estimate of drug-likeness (QED) is 0.905. The number of halogens is 1. The lowest BCUT2D eigenvalue weighted by atomic mass is 10.0. The first kappa shape index (κ1) is 12.8. The van der Waals surface area contributed by atoms with Gasteiger partial charge < -0.3 is 5.32 Å². The maximum absolute atomic E-state index is 12.1. The molecular formula is C15H14BrNO. The lowest BCUT2D eigenvalue weighted by Gasteiger charge is -2.12. The van der Waals surface area contributed by atoms with Gasteiger partial charge in [0, 0.05) is 10.2 Å². The molecule has 0 bridgehead atoms.